The molecule has 2 aliphatic heterocycles. The van der Waals surface area contributed by atoms with Gasteiger partial charge in [-0.3, -0.25) is 4.79 Å². The molecule has 3 rings (SSSR count). The van der Waals surface area contributed by atoms with E-state index in [2.05, 4.69) is 15.5 Å². The van der Waals surface area contributed by atoms with Crippen LogP contribution in [-0.2, 0) is 0 Å². The topological polar surface area (TPSA) is 57.5 Å². The van der Waals surface area contributed by atoms with Crippen molar-refractivity contribution in [2.24, 2.45) is 5.92 Å². The monoisotopic (exact) mass is 341 g/mol. The predicted octanol–water partition coefficient (Wildman–Crippen LogP) is 2.20. The van der Waals surface area contributed by atoms with E-state index in [1.54, 1.807) is 12.3 Å². The summed E-state index contributed by atoms with van der Waals surface area (Å²) in [5.41, 5.74) is 0.664. The van der Waals surface area contributed by atoms with Crippen molar-refractivity contribution in [3.63, 3.8) is 0 Å². The highest BCUT2D eigenvalue weighted by Gasteiger charge is 2.24. The van der Waals surface area contributed by atoms with Crippen molar-refractivity contribution in [2.45, 2.75) is 38.6 Å². The van der Waals surface area contributed by atoms with Crippen LogP contribution in [0.25, 0.3) is 0 Å². The van der Waals surface area contributed by atoms with E-state index in [4.69, 9.17) is 4.42 Å². The van der Waals surface area contributed by atoms with Gasteiger partial charge in [0, 0.05) is 25.7 Å². The maximum absolute atomic E-state index is 12.2. The van der Waals surface area contributed by atoms with Crippen LogP contribution in [0.4, 0.5) is 0 Å². The van der Waals surface area contributed by atoms with Crippen molar-refractivity contribution in [1.29, 1.82) is 0 Å². The Morgan fingerprint density at radius 2 is 2.00 bits per heavy atom. The van der Waals surface area contributed by atoms with Crippen molar-refractivity contribution < 1.29 is 9.21 Å². The van der Waals surface area contributed by atoms with Gasteiger partial charge in [-0.05, 0) is 57.7 Å². The van der Waals surface area contributed by atoms with E-state index in [1.807, 2.05) is 6.92 Å². The molecule has 0 aliphatic carbocycles. The Labute approximate surface area is 144 Å². The second kappa shape index (κ2) is 8.71. The van der Waals surface area contributed by atoms with Crippen LogP contribution in [0.1, 0.15) is 41.8 Å². The highest BCUT2D eigenvalue weighted by atomic mass is 35.5. The summed E-state index contributed by atoms with van der Waals surface area (Å²) in [5.74, 6) is 1.55. The summed E-state index contributed by atoms with van der Waals surface area (Å²) in [6.45, 7) is 7.58. The van der Waals surface area contributed by atoms with Gasteiger partial charge in [-0.1, -0.05) is 0 Å². The number of hydrogen-bond acceptors (Lipinski definition) is 4. The van der Waals surface area contributed by atoms with E-state index in [9.17, 15) is 4.79 Å². The third-order valence-electron chi connectivity index (χ3n) is 5.00. The van der Waals surface area contributed by atoms with E-state index < -0.39 is 0 Å². The SMILES string of the molecule is Cc1occc1C(=O)NC1CCN(CC2CCNCC2)CC1.Cl. The van der Waals surface area contributed by atoms with Gasteiger partial charge in [-0.2, -0.15) is 0 Å². The Morgan fingerprint density at radius 1 is 1.30 bits per heavy atom. The number of nitrogens with one attached hydrogen (secondary N) is 2. The molecular weight excluding hydrogens is 314 g/mol. The first-order valence-electron chi connectivity index (χ1n) is 8.50. The molecule has 6 heteroatoms. The summed E-state index contributed by atoms with van der Waals surface area (Å²) in [7, 11) is 0. The van der Waals surface area contributed by atoms with Crippen molar-refractivity contribution in [3.8, 4) is 0 Å². The highest BCUT2D eigenvalue weighted by molar-refractivity contribution is 5.95. The zero-order valence-corrected chi connectivity index (χ0v) is 14.7. The van der Waals surface area contributed by atoms with Crippen molar-refractivity contribution in [3.05, 3.63) is 23.7 Å². The number of likely N-dealkylation sites (tertiary alicyclic amines) is 1. The van der Waals surface area contributed by atoms with Crippen molar-refractivity contribution >= 4 is 18.3 Å². The van der Waals surface area contributed by atoms with Gasteiger partial charge in [-0.25, -0.2) is 0 Å². The normalized spacial score (nSPS) is 20.9. The van der Waals surface area contributed by atoms with Crippen molar-refractivity contribution in [1.82, 2.24) is 15.5 Å². The minimum absolute atomic E-state index is 0. The zero-order valence-electron chi connectivity index (χ0n) is 13.8. The van der Waals surface area contributed by atoms with Crippen LogP contribution in [0.15, 0.2) is 16.7 Å². The van der Waals surface area contributed by atoms with E-state index >= 15 is 0 Å². The Balaban J connectivity index is 0.00000192. The predicted molar refractivity (Wildman–Crippen MR) is 93.2 cm³/mol. The lowest BCUT2D eigenvalue weighted by atomic mass is 9.96. The second-order valence-corrected chi connectivity index (χ2v) is 6.63. The standard InChI is InChI=1S/C17H27N3O2.ClH/c1-13-16(6-11-22-13)17(21)19-15-4-9-20(10-5-15)12-14-2-7-18-8-3-14;/h6,11,14-15,18H,2-5,7-10,12H2,1H3,(H,19,21);1H. The molecule has 0 spiro atoms. The molecule has 1 amide bonds. The number of aryl methyl sites for hydroxylation is 1. The number of furan rings is 1. The number of carbonyl (C=O) groups is 1. The molecule has 0 bridgehead atoms. The Kier molecular flexibility index (Phi) is 6.93. The van der Waals surface area contributed by atoms with Crippen molar-refractivity contribution in [2.75, 3.05) is 32.7 Å². The molecular formula is C17H28ClN3O2. The molecule has 0 aromatic carbocycles. The third-order valence-corrected chi connectivity index (χ3v) is 5.00. The number of hydrogen-bond donors (Lipinski definition) is 2. The molecule has 5 nitrogen and oxygen atoms in total. The zero-order chi connectivity index (χ0) is 15.4. The van der Waals surface area contributed by atoms with E-state index in [0.717, 1.165) is 31.8 Å². The van der Waals surface area contributed by atoms with E-state index in [0.29, 0.717) is 17.4 Å². The largest absolute Gasteiger partial charge is 0.469 e. The molecule has 0 unspecified atom stereocenters. The van der Waals surface area contributed by atoms with Gasteiger partial charge in [0.25, 0.3) is 5.91 Å². The first-order chi connectivity index (χ1) is 10.7. The number of nitrogens with zero attached hydrogens (tertiary/aromatic N) is 1. The lowest BCUT2D eigenvalue weighted by Crippen LogP contribution is -2.46. The summed E-state index contributed by atoms with van der Waals surface area (Å²) in [6.07, 6.45) is 6.28. The van der Waals surface area contributed by atoms with Crippen LogP contribution in [0, 0.1) is 12.8 Å². The van der Waals surface area contributed by atoms with E-state index in [-0.39, 0.29) is 18.3 Å². The maximum Gasteiger partial charge on any atom is 0.255 e. The third kappa shape index (κ3) is 4.96. The fourth-order valence-corrected chi connectivity index (χ4v) is 3.57. The molecule has 0 saturated carbocycles. The maximum atomic E-state index is 12.2. The van der Waals surface area contributed by atoms with Crippen LogP contribution < -0.4 is 10.6 Å². The number of amides is 1. The average molecular weight is 342 g/mol. The fourth-order valence-electron chi connectivity index (χ4n) is 3.57. The summed E-state index contributed by atoms with van der Waals surface area (Å²) < 4.78 is 5.20. The van der Waals surface area contributed by atoms with Crippen LogP contribution in [0.5, 0.6) is 0 Å². The van der Waals surface area contributed by atoms with Gasteiger partial charge in [0.1, 0.15) is 5.76 Å². The number of piperidine rings is 2. The minimum Gasteiger partial charge on any atom is -0.469 e. The molecule has 2 aliphatic rings. The lowest BCUT2D eigenvalue weighted by Gasteiger charge is -2.35. The smallest absolute Gasteiger partial charge is 0.255 e. The van der Waals surface area contributed by atoms with E-state index in [1.165, 1.54) is 32.5 Å². The summed E-state index contributed by atoms with van der Waals surface area (Å²) in [4.78, 5) is 14.8. The molecule has 0 atom stereocenters. The average Bonchev–Trinajstić information content (AvgIpc) is 2.96. The Bertz CT molecular complexity index is 492. The molecule has 2 N–H and O–H groups in total. The van der Waals surface area contributed by atoms with Gasteiger partial charge in [0.05, 0.1) is 11.8 Å². The van der Waals surface area contributed by atoms with Crippen LogP contribution in [0.3, 0.4) is 0 Å². The van der Waals surface area contributed by atoms with Gasteiger partial charge < -0.3 is 20.0 Å². The molecule has 3 heterocycles. The summed E-state index contributed by atoms with van der Waals surface area (Å²) in [6, 6.07) is 2.04. The number of rotatable bonds is 4. The first kappa shape index (κ1) is 18.3. The molecule has 1 aromatic rings. The lowest BCUT2D eigenvalue weighted by molar-refractivity contribution is 0.0901. The van der Waals surface area contributed by atoms with Crippen LogP contribution >= 0.6 is 12.4 Å². The van der Waals surface area contributed by atoms with Crippen LogP contribution in [0.2, 0.25) is 0 Å². The van der Waals surface area contributed by atoms with Gasteiger partial charge in [0.2, 0.25) is 0 Å². The Hall–Kier alpha value is -1.04. The molecule has 2 fully saturated rings. The number of carbonyl (C=O) groups excluding carboxylic acids is 1. The fraction of sp³-hybridized carbons (Fsp3) is 0.706. The molecule has 2 saturated heterocycles. The molecule has 0 radical (unpaired) electrons. The summed E-state index contributed by atoms with van der Waals surface area (Å²) >= 11 is 0. The quantitative estimate of drug-likeness (QED) is 0.881. The summed E-state index contributed by atoms with van der Waals surface area (Å²) in [5, 5.41) is 6.58. The Morgan fingerprint density at radius 3 is 2.61 bits per heavy atom. The van der Waals surface area contributed by atoms with Crippen LogP contribution in [-0.4, -0.2) is 49.6 Å². The van der Waals surface area contributed by atoms with Gasteiger partial charge in [0.15, 0.2) is 0 Å². The number of halogens is 1. The molecule has 1 aromatic heterocycles. The molecule has 130 valence electrons. The van der Waals surface area contributed by atoms with Gasteiger partial charge in [-0.15, -0.1) is 12.4 Å². The highest BCUT2D eigenvalue weighted by Crippen LogP contribution is 2.18. The first-order valence-corrected chi connectivity index (χ1v) is 8.50. The second-order valence-electron chi connectivity index (χ2n) is 6.63. The minimum atomic E-state index is 0. The molecule has 23 heavy (non-hydrogen) atoms. The van der Waals surface area contributed by atoms with Gasteiger partial charge >= 0.3 is 0 Å².